The summed E-state index contributed by atoms with van der Waals surface area (Å²) in [6.07, 6.45) is 5.42. The molecule has 1 aliphatic heterocycles. The van der Waals surface area contributed by atoms with Crippen LogP contribution >= 0.6 is 0 Å². The number of aliphatic hydroxyl groups is 1. The number of hydrogen-bond acceptors (Lipinski definition) is 6. The molecule has 4 rings (SSSR count). The predicted molar refractivity (Wildman–Crippen MR) is 93.0 cm³/mol. The first-order valence-electron chi connectivity index (χ1n) is 8.92. The van der Waals surface area contributed by atoms with E-state index in [4.69, 9.17) is 4.98 Å². The third-order valence-electron chi connectivity index (χ3n) is 5.24. The van der Waals surface area contributed by atoms with E-state index >= 15 is 0 Å². The lowest BCUT2D eigenvalue weighted by Gasteiger charge is -2.42. The van der Waals surface area contributed by atoms with Crippen LogP contribution in [0, 0.1) is 12.8 Å². The van der Waals surface area contributed by atoms with Gasteiger partial charge in [0, 0.05) is 45.9 Å². The van der Waals surface area contributed by atoms with Crippen molar-refractivity contribution in [2.75, 3.05) is 37.7 Å². The Morgan fingerprint density at radius 3 is 2.83 bits per heavy atom. The maximum absolute atomic E-state index is 9.48. The molecular weight excluding hydrogens is 304 g/mol. The van der Waals surface area contributed by atoms with Gasteiger partial charge < -0.3 is 10.0 Å². The largest absolute Gasteiger partial charge is 0.396 e. The highest BCUT2D eigenvalue weighted by atomic mass is 16.3. The average molecular weight is 330 g/mol. The second kappa shape index (κ2) is 6.29. The molecule has 0 bridgehead atoms. The number of aliphatic hydroxyl groups excluding tert-OH is 1. The summed E-state index contributed by atoms with van der Waals surface area (Å²) in [6, 6.07) is 0.395. The minimum atomic E-state index is 0.241. The second-order valence-corrected chi connectivity index (χ2v) is 7.15. The molecule has 2 aromatic heterocycles. The van der Waals surface area contributed by atoms with Crippen LogP contribution in [0.3, 0.4) is 0 Å². The van der Waals surface area contributed by atoms with Crippen LogP contribution in [0.4, 0.5) is 5.82 Å². The van der Waals surface area contributed by atoms with E-state index in [1.165, 1.54) is 19.4 Å². The first-order chi connectivity index (χ1) is 11.7. The minimum Gasteiger partial charge on any atom is -0.396 e. The summed E-state index contributed by atoms with van der Waals surface area (Å²) in [7, 11) is 1.92. The molecule has 0 amide bonds. The Hall–Kier alpha value is -1.73. The third kappa shape index (κ3) is 2.98. The summed E-state index contributed by atoms with van der Waals surface area (Å²) in [6.45, 7) is 6.27. The lowest BCUT2D eigenvalue weighted by Crippen LogP contribution is -2.54. The Morgan fingerprint density at radius 2 is 2.08 bits per heavy atom. The van der Waals surface area contributed by atoms with E-state index in [2.05, 4.69) is 19.9 Å². The third-order valence-corrected chi connectivity index (χ3v) is 5.24. The van der Waals surface area contributed by atoms with E-state index in [1.807, 2.05) is 24.9 Å². The number of rotatable bonds is 5. The van der Waals surface area contributed by atoms with Crippen LogP contribution in [-0.4, -0.2) is 68.6 Å². The topological polar surface area (TPSA) is 70.3 Å². The molecule has 0 spiro atoms. The summed E-state index contributed by atoms with van der Waals surface area (Å²) < 4.78 is 1.81. The zero-order chi connectivity index (χ0) is 16.7. The molecule has 130 valence electrons. The van der Waals surface area contributed by atoms with Crippen molar-refractivity contribution in [2.24, 2.45) is 13.0 Å². The summed E-state index contributed by atoms with van der Waals surface area (Å²) in [5.74, 6) is 2.64. The SMILES string of the molecule is Cc1nc(N2CCN(CC3CC3)[C@H](CCO)C2)c2cnn(C)c2n1. The Balaban J connectivity index is 1.60. The number of anilines is 1. The van der Waals surface area contributed by atoms with E-state index in [0.717, 1.165) is 54.6 Å². The monoisotopic (exact) mass is 330 g/mol. The van der Waals surface area contributed by atoms with Crippen molar-refractivity contribution in [1.29, 1.82) is 0 Å². The fourth-order valence-corrected chi connectivity index (χ4v) is 3.73. The van der Waals surface area contributed by atoms with Gasteiger partial charge >= 0.3 is 0 Å². The van der Waals surface area contributed by atoms with Gasteiger partial charge in [-0.2, -0.15) is 5.10 Å². The van der Waals surface area contributed by atoms with Crippen molar-refractivity contribution in [3.8, 4) is 0 Å². The van der Waals surface area contributed by atoms with Crippen LogP contribution in [-0.2, 0) is 7.05 Å². The van der Waals surface area contributed by atoms with E-state index in [-0.39, 0.29) is 6.61 Å². The van der Waals surface area contributed by atoms with Crippen LogP contribution in [0.1, 0.15) is 25.1 Å². The van der Waals surface area contributed by atoms with Gasteiger partial charge in [0.05, 0.1) is 11.6 Å². The minimum absolute atomic E-state index is 0.241. The number of hydrogen-bond donors (Lipinski definition) is 1. The molecule has 0 aromatic carbocycles. The molecule has 1 saturated heterocycles. The molecule has 2 fully saturated rings. The van der Waals surface area contributed by atoms with Crippen LogP contribution in [0.2, 0.25) is 0 Å². The molecule has 0 radical (unpaired) electrons. The molecule has 1 saturated carbocycles. The molecular formula is C17H26N6O. The highest BCUT2D eigenvalue weighted by molar-refractivity contribution is 5.87. The Kier molecular flexibility index (Phi) is 4.14. The van der Waals surface area contributed by atoms with E-state index in [9.17, 15) is 5.11 Å². The van der Waals surface area contributed by atoms with Gasteiger partial charge in [-0.15, -0.1) is 0 Å². The van der Waals surface area contributed by atoms with E-state index in [0.29, 0.717) is 6.04 Å². The van der Waals surface area contributed by atoms with Crippen molar-refractivity contribution in [3.63, 3.8) is 0 Å². The first kappa shape index (κ1) is 15.8. The van der Waals surface area contributed by atoms with E-state index in [1.54, 1.807) is 0 Å². The van der Waals surface area contributed by atoms with Crippen molar-refractivity contribution < 1.29 is 5.11 Å². The second-order valence-electron chi connectivity index (χ2n) is 7.15. The molecule has 1 N–H and O–H groups in total. The van der Waals surface area contributed by atoms with Crippen molar-refractivity contribution in [1.82, 2.24) is 24.6 Å². The van der Waals surface area contributed by atoms with E-state index < -0.39 is 0 Å². The van der Waals surface area contributed by atoms with Gasteiger partial charge in [-0.1, -0.05) is 0 Å². The fraction of sp³-hybridized carbons (Fsp3) is 0.706. The normalized spacial score (nSPS) is 22.5. The first-order valence-corrected chi connectivity index (χ1v) is 8.92. The zero-order valence-electron chi connectivity index (χ0n) is 14.5. The maximum Gasteiger partial charge on any atom is 0.163 e. The Labute approximate surface area is 142 Å². The van der Waals surface area contributed by atoms with Gasteiger partial charge in [0.25, 0.3) is 0 Å². The lowest BCUT2D eigenvalue weighted by molar-refractivity contribution is 0.137. The summed E-state index contributed by atoms with van der Waals surface area (Å²) >= 11 is 0. The van der Waals surface area contributed by atoms with Gasteiger partial charge in [0.1, 0.15) is 11.6 Å². The molecule has 7 nitrogen and oxygen atoms in total. The standard InChI is InChI=1S/C17H26N6O/c1-12-19-16-15(9-18-21(16)2)17(20-12)23-7-6-22(10-13-3-4-13)14(11-23)5-8-24/h9,13-14,24H,3-8,10-11H2,1-2H3/t14-/m1/s1. The molecule has 3 heterocycles. The number of aryl methyl sites for hydroxylation is 2. The highest BCUT2D eigenvalue weighted by Gasteiger charge is 2.32. The molecule has 24 heavy (non-hydrogen) atoms. The maximum atomic E-state index is 9.48. The highest BCUT2D eigenvalue weighted by Crippen LogP contribution is 2.32. The molecule has 1 atom stereocenters. The number of fused-ring (bicyclic) bond motifs is 1. The van der Waals surface area contributed by atoms with Gasteiger partial charge in [-0.05, 0) is 32.1 Å². The van der Waals surface area contributed by atoms with Gasteiger partial charge in [-0.25, -0.2) is 9.97 Å². The van der Waals surface area contributed by atoms with Crippen LogP contribution < -0.4 is 4.90 Å². The summed E-state index contributed by atoms with van der Waals surface area (Å²) in [5.41, 5.74) is 0.886. The van der Waals surface area contributed by atoms with Crippen LogP contribution in [0.15, 0.2) is 6.20 Å². The van der Waals surface area contributed by atoms with Crippen molar-refractivity contribution in [2.45, 2.75) is 32.2 Å². The van der Waals surface area contributed by atoms with Gasteiger partial charge in [-0.3, -0.25) is 9.58 Å². The Morgan fingerprint density at radius 1 is 1.25 bits per heavy atom. The quantitative estimate of drug-likeness (QED) is 0.880. The van der Waals surface area contributed by atoms with Crippen molar-refractivity contribution >= 4 is 16.9 Å². The Bertz CT molecular complexity index is 725. The predicted octanol–water partition coefficient (Wildman–Crippen LogP) is 0.955. The summed E-state index contributed by atoms with van der Waals surface area (Å²) in [5, 5.41) is 14.8. The zero-order valence-corrected chi connectivity index (χ0v) is 14.5. The number of nitrogens with zero attached hydrogens (tertiary/aromatic N) is 6. The number of piperazine rings is 1. The smallest absolute Gasteiger partial charge is 0.163 e. The number of aromatic nitrogens is 4. The lowest BCUT2D eigenvalue weighted by atomic mass is 10.1. The summed E-state index contributed by atoms with van der Waals surface area (Å²) in [4.78, 5) is 14.2. The molecule has 1 aliphatic carbocycles. The van der Waals surface area contributed by atoms with Gasteiger partial charge in [0.15, 0.2) is 5.65 Å². The fourth-order valence-electron chi connectivity index (χ4n) is 3.73. The molecule has 0 unspecified atom stereocenters. The molecule has 2 aliphatic rings. The van der Waals surface area contributed by atoms with Crippen molar-refractivity contribution in [3.05, 3.63) is 12.0 Å². The molecule has 2 aromatic rings. The van der Waals surface area contributed by atoms with Gasteiger partial charge in [0.2, 0.25) is 0 Å². The van der Waals surface area contributed by atoms with Crippen LogP contribution in [0.25, 0.3) is 11.0 Å². The van der Waals surface area contributed by atoms with Crippen LogP contribution in [0.5, 0.6) is 0 Å². The molecule has 7 heteroatoms. The average Bonchev–Trinajstić information content (AvgIpc) is 3.31.